The van der Waals surface area contributed by atoms with E-state index in [1.54, 1.807) is 24.0 Å². The van der Waals surface area contributed by atoms with Gasteiger partial charge in [0.2, 0.25) is 5.88 Å². The molecule has 4 rings (SSSR count). The fourth-order valence-corrected chi connectivity index (χ4v) is 3.06. The Morgan fingerprint density at radius 2 is 1.96 bits per heavy atom. The largest absolute Gasteiger partial charge is 0.464 e. The van der Waals surface area contributed by atoms with Crippen molar-refractivity contribution in [2.75, 3.05) is 0 Å². The minimum atomic E-state index is -0.615. The summed E-state index contributed by atoms with van der Waals surface area (Å²) in [6.07, 6.45) is -0.615. The fourth-order valence-electron chi connectivity index (χ4n) is 3.06. The molecule has 126 valence electrons. The van der Waals surface area contributed by atoms with Crippen LogP contribution in [0.15, 0.2) is 54.6 Å². The van der Waals surface area contributed by atoms with Gasteiger partial charge in [-0.3, -0.25) is 4.79 Å². The summed E-state index contributed by atoms with van der Waals surface area (Å²) in [5.41, 5.74) is 2.59. The molecule has 0 spiro atoms. The first-order valence-corrected chi connectivity index (χ1v) is 8.19. The third-order valence-electron chi connectivity index (χ3n) is 4.36. The number of nitrogens with zero attached hydrogens (tertiary/aromatic N) is 2. The van der Waals surface area contributed by atoms with Crippen LogP contribution >= 0.6 is 0 Å². The maximum Gasteiger partial charge on any atom is 0.264 e. The van der Waals surface area contributed by atoms with Gasteiger partial charge in [-0.15, -0.1) is 0 Å². The second-order valence-corrected chi connectivity index (χ2v) is 6.23. The second-order valence-electron chi connectivity index (χ2n) is 6.23. The van der Waals surface area contributed by atoms with Gasteiger partial charge in [0.15, 0.2) is 6.10 Å². The van der Waals surface area contributed by atoms with E-state index in [2.05, 4.69) is 4.98 Å². The van der Waals surface area contributed by atoms with E-state index < -0.39 is 6.10 Å². The van der Waals surface area contributed by atoms with Gasteiger partial charge in [-0.1, -0.05) is 30.3 Å². The summed E-state index contributed by atoms with van der Waals surface area (Å²) in [6, 6.07) is 16.0. The highest BCUT2D eigenvalue weighted by molar-refractivity contribution is 5.83. The van der Waals surface area contributed by atoms with Crippen LogP contribution in [-0.2, 0) is 17.9 Å². The molecule has 0 fully saturated rings. The second kappa shape index (κ2) is 6.16. The predicted molar refractivity (Wildman–Crippen MR) is 92.5 cm³/mol. The van der Waals surface area contributed by atoms with Crippen molar-refractivity contribution in [3.05, 3.63) is 71.5 Å². The number of para-hydroxylation sites is 1. The number of rotatable bonds is 2. The Kier molecular flexibility index (Phi) is 3.84. The molecule has 0 N–H and O–H groups in total. The van der Waals surface area contributed by atoms with E-state index in [-0.39, 0.29) is 11.7 Å². The zero-order valence-electron chi connectivity index (χ0n) is 13.8. The van der Waals surface area contributed by atoms with Crippen LogP contribution in [-0.4, -0.2) is 21.9 Å². The Labute approximate surface area is 144 Å². The molecule has 2 heterocycles. The average molecular weight is 336 g/mol. The van der Waals surface area contributed by atoms with Crippen LogP contribution in [0.1, 0.15) is 18.1 Å². The van der Waals surface area contributed by atoms with E-state index in [0.717, 1.165) is 22.0 Å². The summed E-state index contributed by atoms with van der Waals surface area (Å²) in [7, 11) is 0. The van der Waals surface area contributed by atoms with Crippen molar-refractivity contribution in [1.82, 2.24) is 9.88 Å². The van der Waals surface area contributed by atoms with E-state index in [1.165, 1.54) is 12.1 Å². The molecular weight excluding hydrogens is 319 g/mol. The van der Waals surface area contributed by atoms with Crippen LogP contribution in [0, 0.1) is 5.82 Å². The van der Waals surface area contributed by atoms with Gasteiger partial charge in [0.25, 0.3) is 5.91 Å². The highest BCUT2D eigenvalue weighted by atomic mass is 19.1. The summed E-state index contributed by atoms with van der Waals surface area (Å²) < 4.78 is 18.9. The van der Waals surface area contributed by atoms with Crippen LogP contribution < -0.4 is 4.74 Å². The minimum absolute atomic E-state index is 0.105. The highest BCUT2D eigenvalue weighted by Gasteiger charge is 2.29. The van der Waals surface area contributed by atoms with Crippen molar-refractivity contribution in [2.45, 2.75) is 26.1 Å². The highest BCUT2D eigenvalue weighted by Crippen LogP contribution is 2.28. The van der Waals surface area contributed by atoms with Gasteiger partial charge >= 0.3 is 0 Å². The molecule has 4 nitrogen and oxygen atoms in total. The Hall–Kier alpha value is -2.95. The summed E-state index contributed by atoms with van der Waals surface area (Å²) in [6.45, 7) is 2.54. The van der Waals surface area contributed by atoms with Crippen LogP contribution in [0.4, 0.5) is 4.39 Å². The van der Waals surface area contributed by atoms with Crippen molar-refractivity contribution >= 4 is 16.8 Å². The molecule has 0 radical (unpaired) electrons. The quantitative estimate of drug-likeness (QED) is 0.717. The molecule has 0 bridgehead atoms. The van der Waals surface area contributed by atoms with Crippen molar-refractivity contribution in [3.8, 4) is 5.88 Å². The van der Waals surface area contributed by atoms with Gasteiger partial charge in [0.1, 0.15) is 5.82 Å². The third kappa shape index (κ3) is 3.05. The van der Waals surface area contributed by atoms with Crippen molar-refractivity contribution in [3.63, 3.8) is 0 Å². The Morgan fingerprint density at radius 1 is 1.20 bits per heavy atom. The maximum absolute atomic E-state index is 13.1. The van der Waals surface area contributed by atoms with E-state index in [0.29, 0.717) is 19.0 Å². The molecule has 0 aliphatic carbocycles. The summed E-state index contributed by atoms with van der Waals surface area (Å²) >= 11 is 0. The number of benzene rings is 2. The number of carbonyl (C=O) groups is 1. The van der Waals surface area contributed by atoms with Crippen molar-refractivity contribution < 1.29 is 13.9 Å². The maximum atomic E-state index is 13.1. The topological polar surface area (TPSA) is 42.4 Å². The van der Waals surface area contributed by atoms with Gasteiger partial charge < -0.3 is 9.64 Å². The number of halogens is 1. The number of hydrogen-bond acceptors (Lipinski definition) is 3. The summed E-state index contributed by atoms with van der Waals surface area (Å²) in [4.78, 5) is 19.0. The first kappa shape index (κ1) is 15.6. The lowest BCUT2D eigenvalue weighted by Gasteiger charge is -2.22. The van der Waals surface area contributed by atoms with Crippen LogP contribution in [0.25, 0.3) is 10.9 Å². The number of amides is 1. The van der Waals surface area contributed by atoms with Gasteiger partial charge in [-0.25, -0.2) is 9.37 Å². The van der Waals surface area contributed by atoms with Crippen molar-refractivity contribution in [1.29, 1.82) is 0 Å². The molecule has 0 saturated heterocycles. The van der Waals surface area contributed by atoms with Gasteiger partial charge in [-0.2, -0.15) is 0 Å². The van der Waals surface area contributed by atoms with E-state index in [4.69, 9.17) is 4.74 Å². The lowest BCUT2D eigenvalue weighted by Crippen LogP contribution is -2.37. The smallest absolute Gasteiger partial charge is 0.264 e. The van der Waals surface area contributed by atoms with E-state index in [1.807, 2.05) is 30.3 Å². The van der Waals surface area contributed by atoms with Crippen LogP contribution in [0.2, 0.25) is 0 Å². The van der Waals surface area contributed by atoms with Gasteiger partial charge in [0.05, 0.1) is 12.1 Å². The number of carbonyl (C=O) groups excluding carboxylic acids is 1. The molecule has 5 heteroatoms. The summed E-state index contributed by atoms with van der Waals surface area (Å²) in [5.74, 6) is 0.108. The zero-order chi connectivity index (χ0) is 17.4. The zero-order valence-corrected chi connectivity index (χ0v) is 13.8. The molecule has 1 aliphatic heterocycles. The van der Waals surface area contributed by atoms with Crippen LogP contribution in [0.3, 0.4) is 0 Å². The standard InChI is InChI=1S/C20H17FN2O2/c1-13-20(24)23(11-14-6-8-17(21)9-7-14)12-16-10-15-4-2-3-5-18(15)22-19(16)25-13/h2-10,13H,11-12H2,1H3. The first-order chi connectivity index (χ1) is 12.1. The van der Waals surface area contributed by atoms with Gasteiger partial charge in [-0.05, 0) is 36.8 Å². The van der Waals surface area contributed by atoms with E-state index in [9.17, 15) is 9.18 Å². The monoisotopic (exact) mass is 336 g/mol. The third-order valence-corrected chi connectivity index (χ3v) is 4.36. The number of fused-ring (bicyclic) bond motifs is 2. The molecular formula is C20H17FN2O2. The molecule has 25 heavy (non-hydrogen) atoms. The molecule has 1 unspecified atom stereocenters. The number of pyridine rings is 1. The Morgan fingerprint density at radius 3 is 2.76 bits per heavy atom. The first-order valence-electron chi connectivity index (χ1n) is 8.19. The van der Waals surface area contributed by atoms with E-state index >= 15 is 0 Å². The normalized spacial score (nSPS) is 17.1. The molecule has 3 aromatic rings. The fraction of sp³-hybridized carbons (Fsp3) is 0.200. The Bertz CT molecular complexity index is 940. The van der Waals surface area contributed by atoms with Crippen LogP contribution in [0.5, 0.6) is 5.88 Å². The molecule has 1 amide bonds. The van der Waals surface area contributed by atoms with Gasteiger partial charge in [0, 0.05) is 17.5 Å². The molecule has 0 saturated carbocycles. The number of ether oxygens (including phenoxy) is 1. The predicted octanol–water partition coefficient (Wildman–Crippen LogP) is 3.68. The SMILES string of the molecule is CC1Oc2nc3ccccc3cc2CN(Cc2ccc(F)cc2)C1=O. The Balaban J connectivity index is 1.70. The molecule has 1 atom stereocenters. The summed E-state index contributed by atoms with van der Waals surface area (Å²) in [5, 5.41) is 1.01. The number of hydrogen-bond donors (Lipinski definition) is 0. The lowest BCUT2D eigenvalue weighted by molar-refractivity contribution is -0.138. The molecule has 2 aromatic carbocycles. The average Bonchev–Trinajstić information content (AvgIpc) is 2.72. The molecule has 1 aliphatic rings. The molecule has 1 aromatic heterocycles. The number of aromatic nitrogens is 1. The van der Waals surface area contributed by atoms with Crippen molar-refractivity contribution in [2.24, 2.45) is 0 Å². The minimum Gasteiger partial charge on any atom is -0.464 e. The lowest BCUT2D eigenvalue weighted by atomic mass is 10.1.